The summed E-state index contributed by atoms with van der Waals surface area (Å²) in [7, 11) is 0. The van der Waals surface area contributed by atoms with Crippen LogP contribution in [-0.2, 0) is 28.6 Å². The van der Waals surface area contributed by atoms with E-state index in [0.29, 0.717) is 12.8 Å². The Morgan fingerprint density at radius 1 is 0.304 bits per heavy atom. The second-order valence-electron chi connectivity index (χ2n) is 18.5. The lowest BCUT2D eigenvalue weighted by molar-refractivity contribution is -0.166. The standard InChI is InChI=1S/C63H104O6/c1-4-7-10-13-16-19-22-25-28-30-31-33-35-38-41-44-47-50-53-56-62(65)68-59-60(58-67-61(64)55-52-49-46-43-40-37-34-27-24-21-18-15-12-9-6-3)69-63(66)57-54-51-48-45-42-39-36-32-29-26-23-20-17-14-11-8-5-2/h7,10,16-17,19-20,25-26,28-29,31,33,36,38-39,41,47,50,60H,4-6,8-9,11-15,18,21-24,27,30,32,34-35,37,40,42-46,48-49,51-59H2,1-3H3/b10-7-,19-16-,20-17-,28-25-,29-26-,33-31-,39-36-,41-38-,50-47-/t60-/m0/s1. The number of rotatable bonds is 50. The van der Waals surface area contributed by atoms with Crippen molar-refractivity contribution in [2.75, 3.05) is 13.2 Å². The molecule has 1 atom stereocenters. The molecule has 0 radical (unpaired) electrons. The highest BCUT2D eigenvalue weighted by atomic mass is 16.6. The van der Waals surface area contributed by atoms with Crippen LogP contribution in [0.4, 0.5) is 0 Å². The number of carbonyl (C=O) groups excluding carboxylic acids is 3. The highest BCUT2D eigenvalue weighted by molar-refractivity contribution is 5.71. The largest absolute Gasteiger partial charge is 0.462 e. The van der Waals surface area contributed by atoms with Crippen LogP contribution in [0.1, 0.15) is 252 Å². The summed E-state index contributed by atoms with van der Waals surface area (Å²) in [5.74, 6) is -1.02. The van der Waals surface area contributed by atoms with Gasteiger partial charge in [0.15, 0.2) is 6.10 Å². The van der Waals surface area contributed by atoms with Gasteiger partial charge in [0, 0.05) is 19.3 Å². The molecule has 0 aromatic rings. The zero-order chi connectivity index (χ0) is 50.0. The first kappa shape index (κ1) is 65.1. The van der Waals surface area contributed by atoms with Crippen LogP contribution in [0.3, 0.4) is 0 Å². The number of ether oxygens (including phenoxy) is 3. The fourth-order valence-corrected chi connectivity index (χ4v) is 7.53. The maximum Gasteiger partial charge on any atom is 0.306 e. The Kier molecular flexibility index (Phi) is 53.4. The first-order chi connectivity index (χ1) is 34.0. The van der Waals surface area contributed by atoms with Crippen LogP contribution < -0.4 is 0 Å². The van der Waals surface area contributed by atoms with E-state index >= 15 is 0 Å². The fourth-order valence-electron chi connectivity index (χ4n) is 7.53. The third kappa shape index (κ3) is 54.9. The lowest BCUT2D eigenvalue weighted by Crippen LogP contribution is -2.30. The Balaban J connectivity index is 4.54. The minimum atomic E-state index is -0.821. The van der Waals surface area contributed by atoms with Gasteiger partial charge >= 0.3 is 17.9 Å². The molecule has 392 valence electrons. The molecule has 0 aliphatic heterocycles. The summed E-state index contributed by atoms with van der Waals surface area (Å²) in [6.45, 7) is 6.42. The highest BCUT2D eigenvalue weighted by Crippen LogP contribution is 2.15. The van der Waals surface area contributed by atoms with Crippen molar-refractivity contribution >= 4 is 17.9 Å². The smallest absolute Gasteiger partial charge is 0.306 e. The second-order valence-corrected chi connectivity index (χ2v) is 18.5. The number of allylic oxidation sites excluding steroid dienone is 18. The van der Waals surface area contributed by atoms with Crippen molar-refractivity contribution in [1.82, 2.24) is 0 Å². The normalized spacial score (nSPS) is 12.9. The lowest BCUT2D eigenvalue weighted by Gasteiger charge is -2.18. The highest BCUT2D eigenvalue weighted by Gasteiger charge is 2.19. The molecule has 0 saturated carbocycles. The predicted octanol–water partition coefficient (Wildman–Crippen LogP) is 19.1. The van der Waals surface area contributed by atoms with Gasteiger partial charge in [0.25, 0.3) is 0 Å². The zero-order valence-electron chi connectivity index (χ0n) is 44.8. The Bertz CT molecular complexity index is 1420. The number of hydrogen-bond acceptors (Lipinski definition) is 6. The monoisotopic (exact) mass is 957 g/mol. The SMILES string of the molecule is CC/C=C\C/C=C\C/C=C\C/C=C\C/C=C\C/C=C\CCC(=O)OC[C@H](COC(=O)CCCCCCCCCCCCCCCCC)OC(=O)CCCCCC/C=C\C/C=C\C/C=C\CCCCC. The van der Waals surface area contributed by atoms with Gasteiger partial charge in [-0.3, -0.25) is 14.4 Å². The van der Waals surface area contributed by atoms with Gasteiger partial charge in [-0.05, 0) is 96.3 Å². The number of unbranched alkanes of at least 4 members (excludes halogenated alkanes) is 21. The van der Waals surface area contributed by atoms with E-state index in [-0.39, 0.29) is 44.0 Å². The molecule has 0 spiro atoms. The Morgan fingerprint density at radius 2 is 0.594 bits per heavy atom. The second kappa shape index (κ2) is 56.7. The number of carbonyl (C=O) groups is 3. The minimum absolute atomic E-state index is 0.110. The van der Waals surface area contributed by atoms with Crippen LogP contribution in [0.5, 0.6) is 0 Å². The van der Waals surface area contributed by atoms with Gasteiger partial charge in [-0.15, -0.1) is 0 Å². The maximum atomic E-state index is 12.8. The zero-order valence-corrected chi connectivity index (χ0v) is 44.8. The van der Waals surface area contributed by atoms with Crippen molar-refractivity contribution in [3.05, 3.63) is 109 Å². The summed E-state index contributed by atoms with van der Waals surface area (Å²) >= 11 is 0. The van der Waals surface area contributed by atoms with Gasteiger partial charge in [0.2, 0.25) is 0 Å². The van der Waals surface area contributed by atoms with E-state index in [4.69, 9.17) is 14.2 Å². The van der Waals surface area contributed by atoms with Gasteiger partial charge in [-0.1, -0.05) is 246 Å². The van der Waals surface area contributed by atoms with Gasteiger partial charge in [-0.25, -0.2) is 0 Å². The van der Waals surface area contributed by atoms with Crippen molar-refractivity contribution in [3.63, 3.8) is 0 Å². The molecule has 0 unspecified atom stereocenters. The lowest BCUT2D eigenvalue weighted by atomic mass is 10.0. The molecular weight excluding hydrogens is 853 g/mol. The van der Waals surface area contributed by atoms with Crippen molar-refractivity contribution < 1.29 is 28.6 Å². The molecule has 0 heterocycles. The molecule has 69 heavy (non-hydrogen) atoms. The molecule has 0 amide bonds. The maximum absolute atomic E-state index is 12.8. The van der Waals surface area contributed by atoms with Crippen molar-refractivity contribution in [3.8, 4) is 0 Å². The summed E-state index contributed by atoms with van der Waals surface area (Å²) in [6.07, 6.45) is 76.5. The van der Waals surface area contributed by atoms with Gasteiger partial charge in [0.05, 0.1) is 0 Å². The van der Waals surface area contributed by atoms with Crippen molar-refractivity contribution in [2.24, 2.45) is 0 Å². The molecule has 0 aromatic heterocycles. The molecule has 6 heteroatoms. The number of esters is 3. The Labute approximate surface area is 425 Å². The molecule has 0 aliphatic rings. The molecule has 0 aliphatic carbocycles. The molecule has 0 fully saturated rings. The van der Waals surface area contributed by atoms with Gasteiger partial charge < -0.3 is 14.2 Å². The summed E-state index contributed by atoms with van der Waals surface area (Å²) in [4.78, 5) is 38.1. The predicted molar refractivity (Wildman–Crippen MR) is 297 cm³/mol. The molecule has 0 bridgehead atoms. The first-order valence-corrected chi connectivity index (χ1v) is 28.4. The molecule has 6 nitrogen and oxygen atoms in total. The van der Waals surface area contributed by atoms with Crippen LogP contribution in [-0.4, -0.2) is 37.2 Å². The van der Waals surface area contributed by atoms with Crippen LogP contribution in [0, 0.1) is 0 Å². The van der Waals surface area contributed by atoms with E-state index < -0.39 is 6.10 Å². The topological polar surface area (TPSA) is 78.9 Å². The summed E-state index contributed by atoms with van der Waals surface area (Å²) in [5.41, 5.74) is 0. The molecule has 0 rings (SSSR count). The molecule has 0 N–H and O–H groups in total. The molecular formula is C63H104O6. The van der Waals surface area contributed by atoms with Crippen LogP contribution >= 0.6 is 0 Å². The van der Waals surface area contributed by atoms with Crippen LogP contribution in [0.15, 0.2) is 109 Å². The average Bonchev–Trinajstić information content (AvgIpc) is 3.35. The summed E-state index contributed by atoms with van der Waals surface area (Å²) in [6, 6.07) is 0. The van der Waals surface area contributed by atoms with E-state index in [1.54, 1.807) is 0 Å². The summed E-state index contributed by atoms with van der Waals surface area (Å²) < 4.78 is 16.8. The van der Waals surface area contributed by atoms with Gasteiger partial charge in [-0.2, -0.15) is 0 Å². The van der Waals surface area contributed by atoms with E-state index in [9.17, 15) is 14.4 Å². The van der Waals surface area contributed by atoms with Crippen LogP contribution in [0.2, 0.25) is 0 Å². The van der Waals surface area contributed by atoms with Crippen molar-refractivity contribution in [2.45, 2.75) is 258 Å². The fraction of sp³-hybridized carbons (Fsp3) is 0.667. The molecule has 0 aromatic carbocycles. The molecule has 0 saturated heterocycles. The minimum Gasteiger partial charge on any atom is -0.462 e. The van der Waals surface area contributed by atoms with E-state index in [1.807, 2.05) is 6.08 Å². The average molecular weight is 958 g/mol. The van der Waals surface area contributed by atoms with E-state index in [2.05, 4.69) is 124 Å². The number of hydrogen-bond donors (Lipinski definition) is 0. The van der Waals surface area contributed by atoms with Crippen LogP contribution in [0.25, 0.3) is 0 Å². The quantitative estimate of drug-likeness (QED) is 0.0262. The third-order valence-electron chi connectivity index (χ3n) is 11.8. The van der Waals surface area contributed by atoms with Gasteiger partial charge in [0.1, 0.15) is 13.2 Å². The van der Waals surface area contributed by atoms with Crippen molar-refractivity contribution in [1.29, 1.82) is 0 Å². The Hall–Kier alpha value is -3.93. The summed E-state index contributed by atoms with van der Waals surface area (Å²) in [5, 5.41) is 0. The first-order valence-electron chi connectivity index (χ1n) is 28.4. The van der Waals surface area contributed by atoms with E-state index in [0.717, 1.165) is 103 Å². The Morgan fingerprint density at radius 3 is 1.00 bits per heavy atom. The third-order valence-corrected chi connectivity index (χ3v) is 11.8. The van der Waals surface area contributed by atoms with E-state index in [1.165, 1.54) is 103 Å².